The molecule has 1 fully saturated rings. The van der Waals surface area contributed by atoms with Gasteiger partial charge in [0.2, 0.25) is 5.91 Å². The van der Waals surface area contributed by atoms with E-state index in [4.69, 9.17) is 5.11 Å². The Balaban J connectivity index is 1.70. The van der Waals surface area contributed by atoms with E-state index < -0.39 is 5.97 Å². The largest absolute Gasteiger partial charge is 0.481 e. The summed E-state index contributed by atoms with van der Waals surface area (Å²) in [5.74, 6) is -0.931. The van der Waals surface area contributed by atoms with Crippen LogP contribution in [0.5, 0.6) is 0 Å². The van der Waals surface area contributed by atoms with Crippen LogP contribution in [0.15, 0.2) is 24.3 Å². The first kappa shape index (κ1) is 15.5. The minimum absolute atomic E-state index is 0.0152. The summed E-state index contributed by atoms with van der Waals surface area (Å²) in [7, 11) is 0. The van der Waals surface area contributed by atoms with Crippen molar-refractivity contribution in [3.63, 3.8) is 0 Å². The van der Waals surface area contributed by atoms with Gasteiger partial charge in [-0.05, 0) is 44.6 Å². The second-order valence-corrected chi connectivity index (χ2v) is 5.91. The predicted octanol–water partition coefficient (Wildman–Crippen LogP) is 2.54. The standard InChI is InChI=1S/C17H23NO3/c1-12-2-4-13(5-3-12)10-11-18-16(19)14-6-8-15(9-7-14)17(20)21/h2-5,14-15H,6-11H2,1H3,(H,18,19)(H,20,21). The normalized spacial score (nSPS) is 21.8. The first-order valence-electron chi connectivity index (χ1n) is 7.62. The van der Waals surface area contributed by atoms with Gasteiger partial charge in [-0.25, -0.2) is 0 Å². The van der Waals surface area contributed by atoms with Crippen LogP contribution in [0.25, 0.3) is 0 Å². The number of amides is 1. The van der Waals surface area contributed by atoms with Gasteiger partial charge in [-0.3, -0.25) is 9.59 Å². The Morgan fingerprint density at radius 2 is 1.67 bits per heavy atom. The second kappa shape index (κ2) is 7.25. The molecule has 1 aromatic rings. The minimum Gasteiger partial charge on any atom is -0.481 e. The van der Waals surface area contributed by atoms with E-state index in [1.54, 1.807) is 0 Å². The number of nitrogens with one attached hydrogen (secondary N) is 1. The third kappa shape index (κ3) is 4.59. The molecule has 0 bridgehead atoms. The summed E-state index contributed by atoms with van der Waals surface area (Å²) in [6, 6.07) is 8.31. The third-order valence-electron chi connectivity index (χ3n) is 4.28. The van der Waals surface area contributed by atoms with Crippen molar-refractivity contribution >= 4 is 11.9 Å². The van der Waals surface area contributed by atoms with Crippen molar-refractivity contribution in [3.8, 4) is 0 Å². The van der Waals surface area contributed by atoms with Gasteiger partial charge in [-0.1, -0.05) is 29.8 Å². The van der Waals surface area contributed by atoms with E-state index in [0.717, 1.165) is 6.42 Å². The predicted molar refractivity (Wildman–Crippen MR) is 81.0 cm³/mol. The van der Waals surface area contributed by atoms with Gasteiger partial charge in [0, 0.05) is 12.5 Å². The maximum atomic E-state index is 12.1. The Morgan fingerprint density at radius 1 is 1.10 bits per heavy atom. The average molecular weight is 289 g/mol. The van der Waals surface area contributed by atoms with Gasteiger partial charge >= 0.3 is 5.97 Å². The van der Waals surface area contributed by atoms with Crippen LogP contribution in [-0.2, 0) is 16.0 Å². The zero-order valence-electron chi connectivity index (χ0n) is 12.5. The second-order valence-electron chi connectivity index (χ2n) is 5.91. The van der Waals surface area contributed by atoms with E-state index in [9.17, 15) is 9.59 Å². The molecule has 1 aliphatic rings. The highest BCUT2D eigenvalue weighted by atomic mass is 16.4. The average Bonchev–Trinajstić information content (AvgIpc) is 2.49. The van der Waals surface area contributed by atoms with Gasteiger partial charge in [-0.15, -0.1) is 0 Å². The molecule has 1 aromatic carbocycles. The van der Waals surface area contributed by atoms with Crippen LogP contribution in [0.2, 0.25) is 0 Å². The number of aliphatic carboxylic acids is 1. The zero-order valence-corrected chi connectivity index (χ0v) is 12.5. The van der Waals surface area contributed by atoms with Crippen LogP contribution in [0, 0.1) is 18.8 Å². The Bertz CT molecular complexity index is 487. The molecule has 0 spiro atoms. The molecule has 114 valence electrons. The fourth-order valence-electron chi connectivity index (χ4n) is 2.83. The molecular weight excluding hydrogens is 266 g/mol. The molecule has 0 radical (unpaired) electrons. The number of carbonyl (C=O) groups is 2. The summed E-state index contributed by atoms with van der Waals surface area (Å²) in [4.78, 5) is 22.9. The molecule has 0 saturated heterocycles. The van der Waals surface area contributed by atoms with Gasteiger partial charge in [0.05, 0.1) is 5.92 Å². The number of rotatable bonds is 5. The summed E-state index contributed by atoms with van der Waals surface area (Å²) in [6.45, 7) is 2.69. The first-order valence-corrected chi connectivity index (χ1v) is 7.62. The number of carbonyl (C=O) groups excluding carboxylic acids is 1. The van der Waals surface area contributed by atoms with Crippen LogP contribution >= 0.6 is 0 Å². The Kier molecular flexibility index (Phi) is 5.37. The summed E-state index contributed by atoms with van der Waals surface area (Å²) >= 11 is 0. The molecule has 1 aliphatic carbocycles. The number of carboxylic acids is 1. The smallest absolute Gasteiger partial charge is 0.306 e. The lowest BCUT2D eigenvalue weighted by Crippen LogP contribution is -2.35. The maximum absolute atomic E-state index is 12.1. The quantitative estimate of drug-likeness (QED) is 0.875. The highest BCUT2D eigenvalue weighted by Gasteiger charge is 2.29. The van der Waals surface area contributed by atoms with E-state index in [0.29, 0.717) is 32.2 Å². The van der Waals surface area contributed by atoms with Crippen molar-refractivity contribution in [2.24, 2.45) is 11.8 Å². The fraction of sp³-hybridized carbons (Fsp3) is 0.529. The number of benzene rings is 1. The molecule has 0 heterocycles. The molecule has 4 heteroatoms. The lowest BCUT2D eigenvalue weighted by atomic mass is 9.81. The van der Waals surface area contributed by atoms with Crippen molar-refractivity contribution in [1.82, 2.24) is 5.32 Å². The van der Waals surface area contributed by atoms with Crippen LogP contribution < -0.4 is 5.32 Å². The SMILES string of the molecule is Cc1ccc(CCNC(=O)C2CCC(C(=O)O)CC2)cc1. The van der Waals surface area contributed by atoms with Gasteiger partial charge in [0.25, 0.3) is 0 Å². The number of carboxylic acid groups (broad SMARTS) is 1. The third-order valence-corrected chi connectivity index (χ3v) is 4.28. The molecule has 0 unspecified atom stereocenters. The molecule has 4 nitrogen and oxygen atoms in total. The van der Waals surface area contributed by atoms with Crippen LogP contribution in [0.4, 0.5) is 0 Å². The highest BCUT2D eigenvalue weighted by molar-refractivity contribution is 5.79. The van der Waals surface area contributed by atoms with Crippen LogP contribution in [0.1, 0.15) is 36.8 Å². The topological polar surface area (TPSA) is 66.4 Å². The molecule has 2 N–H and O–H groups in total. The molecular formula is C17H23NO3. The van der Waals surface area contributed by atoms with Crippen molar-refractivity contribution < 1.29 is 14.7 Å². The maximum Gasteiger partial charge on any atom is 0.306 e. The number of aryl methyl sites for hydroxylation is 1. The lowest BCUT2D eigenvalue weighted by Gasteiger charge is -2.25. The summed E-state index contributed by atoms with van der Waals surface area (Å²) in [6.07, 6.45) is 3.44. The Morgan fingerprint density at radius 3 is 2.24 bits per heavy atom. The van der Waals surface area contributed by atoms with Gasteiger partial charge in [0.15, 0.2) is 0 Å². The molecule has 1 saturated carbocycles. The summed E-state index contributed by atoms with van der Waals surface area (Å²) in [5.41, 5.74) is 2.45. The molecule has 0 aromatic heterocycles. The van der Waals surface area contributed by atoms with E-state index in [-0.39, 0.29) is 17.7 Å². The van der Waals surface area contributed by atoms with Gasteiger partial charge in [0.1, 0.15) is 0 Å². The van der Waals surface area contributed by atoms with Crippen molar-refractivity contribution in [2.45, 2.75) is 39.0 Å². The molecule has 2 rings (SSSR count). The fourth-order valence-corrected chi connectivity index (χ4v) is 2.83. The molecule has 0 atom stereocenters. The van der Waals surface area contributed by atoms with Gasteiger partial charge < -0.3 is 10.4 Å². The molecule has 21 heavy (non-hydrogen) atoms. The number of hydrogen-bond donors (Lipinski definition) is 2. The van der Waals surface area contributed by atoms with E-state index >= 15 is 0 Å². The monoisotopic (exact) mass is 289 g/mol. The minimum atomic E-state index is -0.728. The van der Waals surface area contributed by atoms with Crippen molar-refractivity contribution in [2.75, 3.05) is 6.54 Å². The van der Waals surface area contributed by atoms with Crippen molar-refractivity contribution in [1.29, 1.82) is 0 Å². The van der Waals surface area contributed by atoms with Crippen LogP contribution in [-0.4, -0.2) is 23.5 Å². The zero-order chi connectivity index (χ0) is 15.2. The van der Waals surface area contributed by atoms with E-state index in [2.05, 4.69) is 36.5 Å². The molecule has 0 aliphatic heterocycles. The first-order chi connectivity index (χ1) is 10.1. The Hall–Kier alpha value is -1.84. The Labute approximate surface area is 125 Å². The number of hydrogen-bond acceptors (Lipinski definition) is 2. The van der Waals surface area contributed by atoms with E-state index in [1.165, 1.54) is 11.1 Å². The lowest BCUT2D eigenvalue weighted by molar-refractivity contribution is -0.144. The molecule has 1 amide bonds. The van der Waals surface area contributed by atoms with Crippen molar-refractivity contribution in [3.05, 3.63) is 35.4 Å². The van der Waals surface area contributed by atoms with E-state index in [1.807, 2.05) is 0 Å². The summed E-state index contributed by atoms with van der Waals surface area (Å²) in [5, 5.41) is 11.9. The van der Waals surface area contributed by atoms with Gasteiger partial charge in [-0.2, -0.15) is 0 Å². The van der Waals surface area contributed by atoms with Crippen LogP contribution in [0.3, 0.4) is 0 Å². The summed E-state index contributed by atoms with van der Waals surface area (Å²) < 4.78 is 0. The highest BCUT2D eigenvalue weighted by Crippen LogP contribution is 2.28.